The van der Waals surface area contributed by atoms with E-state index in [-0.39, 0.29) is 10.7 Å². The van der Waals surface area contributed by atoms with Crippen molar-refractivity contribution in [3.63, 3.8) is 0 Å². The molecule has 20 heavy (non-hydrogen) atoms. The highest BCUT2D eigenvalue weighted by Gasteiger charge is 2.27. The molecule has 2 rings (SSSR count). The molecule has 0 unspecified atom stereocenters. The van der Waals surface area contributed by atoms with Crippen molar-refractivity contribution < 1.29 is 8.42 Å². The summed E-state index contributed by atoms with van der Waals surface area (Å²) in [5, 5.41) is 2.90. The molecule has 4 nitrogen and oxygen atoms in total. The van der Waals surface area contributed by atoms with Gasteiger partial charge in [0.15, 0.2) is 0 Å². The molecule has 0 saturated carbocycles. The lowest BCUT2D eigenvalue weighted by atomic mass is 9.87. The van der Waals surface area contributed by atoms with Gasteiger partial charge in [0, 0.05) is 5.69 Å². The van der Waals surface area contributed by atoms with Crippen LogP contribution in [-0.4, -0.2) is 26.8 Å². The molecule has 112 valence electrons. The number of benzene rings is 1. The maximum Gasteiger partial charge on any atom is 0.235 e. The van der Waals surface area contributed by atoms with E-state index >= 15 is 0 Å². The molecular weight excluding hydrogens is 272 g/mol. The minimum atomic E-state index is -3.27. The van der Waals surface area contributed by atoms with Gasteiger partial charge in [0.05, 0.1) is 5.25 Å². The second kappa shape index (κ2) is 5.74. The van der Waals surface area contributed by atoms with Gasteiger partial charge in [-0.05, 0) is 49.0 Å². The van der Waals surface area contributed by atoms with Gasteiger partial charge in [0.1, 0.15) is 0 Å². The molecule has 0 aliphatic carbocycles. The third-order valence-electron chi connectivity index (χ3n) is 3.74. The molecule has 1 aliphatic rings. The highest BCUT2D eigenvalue weighted by Crippen LogP contribution is 2.24. The first kappa shape index (κ1) is 15.3. The van der Waals surface area contributed by atoms with Crippen LogP contribution in [0.2, 0.25) is 0 Å². The van der Waals surface area contributed by atoms with Gasteiger partial charge in [-0.3, -0.25) is 4.72 Å². The Bertz CT molecular complexity index is 538. The number of anilines is 1. The summed E-state index contributed by atoms with van der Waals surface area (Å²) in [5.74, 6) is 0. The van der Waals surface area contributed by atoms with Crippen LogP contribution in [0.4, 0.5) is 5.69 Å². The van der Waals surface area contributed by atoms with Crippen molar-refractivity contribution in [3.8, 4) is 0 Å². The lowest BCUT2D eigenvalue weighted by molar-refractivity contribution is 0.499. The van der Waals surface area contributed by atoms with Crippen molar-refractivity contribution in [1.29, 1.82) is 0 Å². The number of sulfonamides is 1. The van der Waals surface area contributed by atoms with Crippen molar-refractivity contribution in [1.82, 2.24) is 5.32 Å². The second-order valence-electron chi connectivity index (χ2n) is 6.42. The molecule has 5 heteroatoms. The molecular formula is C15H24N2O2S. The molecule has 1 aromatic rings. The van der Waals surface area contributed by atoms with Gasteiger partial charge in [-0.1, -0.05) is 32.9 Å². The van der Waals surface area contributed by atoms with Crippen molar-refractivity contribution >= 4 is 15.7 Å². The third-order valence-corrected chi connectivity index (χ3v) is 5.61. The summed E-state index contributed by atoms with van der Waals surface area (Å²) in [6.45, 7) is 7.96. The van der Waals surface area contributed by atoms with E-state index in [4.69, 9.17) is 0 Å². The zero-order valence-electron chi connectivity index (χ0n) is 12.4. The lowest BCUT2D eigenvalue weighted by Crippen LogP contribution is -2.38. The van der Waals surface area contributed by atoms with Gasteiger partial charge in [-0.15, -0.1) is 0 Å². The van der Waals surface area contributed by atoms with Gasteiger partial charge in [-0.2, -0.15) is 0 Å². The minimum absolute atomic E-state index is 0.0758. The maximum absolute atomic E-state index is 12.3. The van der Waals surface area contributed by atoms with Crippen LogP contribution in [0.5, 0.6) is 0 Å². The Labute approximate surface area is 122 Å². The Kier molecular flexibility index (Phi) is 4.39. The Morgan fingerprint density at radius 2 is 1.65 bits per heavy atom. The molecule has 0 spiro atoms. The van der Waals surface area contributed by atoms with Crippen LogP contribution in [0.3, 0.4) is 0 Å². The summed E-state index contributed by atoms with van der Waals surface area (Å²) in [4.78, 5) is 0. The van der Waals surface area contributed by atoms with Gasteiger partial charge >= 0.3 is 0 Å². The molecule has 1 heterocycles. The van der Waals surface area contributed by atoms with Crippen LogP contribution in [0.1, 0.15) is 39.2 Å². The Hall–Kier alpha value is -1.07. The smallest absolute Gasteiger partial charge is 0.235 e. The summed E-state index contributed by atoms with van der Waals surface area (Å²) in [6, 6.07) is 7.67. The third kappa shape index (κ3) is 3.73. The number of hydrogen-bond acceptors (Lipinski definition) is 3. The lowest BCUT2D eigenvalue weighted by Gasteiger charge is -2.24. The van der Waals surface area contributed by atoms with E-state index in [1.165, 1.54) is 5.56 Å². The Morgan fingerprint density at radius 1 is 1.10 bits per heavy atom. The highest BCUT2D eigenvalue weighted by atomic mass is 32.2. The first-order valence-corrected chi connectivity index (χ1v) is 8.66. The topological polar surface area (TPSA) is 58.2 Å². The number of hydrogen-bond donors (Lipinski definition) is 2. The first-order chi connectivity index (χ1) is 9.29. The van der Waals surface area contributed by atoms with E-state index in [2.05, 4.69) is 30.8 Å². The maximum atomic E-state index is 12.3. The summed E-state index contributed by atoms with van der Waals surface area (Å²) < 4.78 is 27.3. The molecule has 0 amide bonds. The zero-order chi connectivity index (χ0) is 14.8. The van der Waals surface area contributed by atoms with Crippen LogP contribution < -0.4 is 10.0 Å². The summed E-state index contributed by atoms with van der Waals surface area (Å²) in [5.41, 5.74) is 1.92. The Morgan fingerprint density at radius 3 is 2.15 bits per heavy atom. The number of rotatable bonds is 3. The van der Waals surface area contributed by atoms with Crippen LogP contribution in [0, 0.1) is 0 Å². The standard InChI is InChI=1S/C15H24N2O2S/c1-15(2,3)12-4-6-13(7-5-12)17-20(18,19)14-8-10-16-11-9-14/h4-7,14,16-17H,8-11H2,1-3H3. The van der Waals surface area contributed by atoms with Crippen molar-refractivity contribution in [2.24, 2.45) is 0 Å². The van der Waals surface area contributed by atoms with E-state index in [1.807, 2.05) is 24.3 Å². The number of piperidine rings is 1. The van der Waals surface area contributed by atoms with Crippen LogP contribution in [0.25, 0.3) is 0 Å². The molecule has 0 bridgehead atoms. The molecule has 1 aromatic carbocycles. The SMILES string of the molecule is CC(C)(C)c1ccc(NS(=O)(=O)C2CCNCC2)cc1. The predicted octanol–water partition coefficient (Wildman–Crippen LogP) is 2.48. The molecule has 0 aromatic heterocycles. The molecule has 2 N–H and O–H groups in total. The fourth-order valence-electron chi connectivity index (χ4n) is 2.39. The van der Waals surface area contributed by atoms with E-state index in [1.54, 1.807) is 0 Å². The summed E-state index contributed by atoms with van der Waals surface area (Å²) in [7, 11) is -3.27. The van der Waals surface area contributed by atoms with E-state index in [9.17, 15) is 8.42 Å². The predicted molar refractivity (Wildman–Crippen MR) is 83.6 cm³/mol. The van der Waals surface area contributed by atoms with Crippen LogP contribution in [-0.2, 0) is 15.4 Å². The molecule has 0 radical (unpaired) electrons. The van der Waals surface area contributed by atoms with Crippen LogP contribution in [0.15, 0.2) is 24.3 Å². The van der Waals surface area contributed by atoms with Gasteiger partial charge < -0.3 is 5.32 Å². The summed E-state index contributed by atoms with van der Waals surface area (Å²) in [6.07, 6.45) is 1.35. The van der Waals surface area contributed by atoms with Gasteiger partial charge in [-0.25, -0.2) is 8.42 Å². The highest BCUT2D eigenvalue weighted by molar-refractivity contribution is 7.93. The Balaban J connectivity index is 2.09. The van der Waals surface area contributed by atoms with Crippen molar-refractivity contribution in [2.45, 2.75) is 44.3 Å². The molecule has 1 aliphatic heterocycles. The fraction of sp³-hybridized carbons (Fsp3) is 0.600. The van der Waals surface area contributed by atoms with Crippen molar-refractivity contribution in [3.05, 3.63) is 29.8 Å². The average molecular weight is 296 g/mol. The van der Waals surface area contributed by atoms with E-state index in [0.717, 1.165) is 13.1 Å². The van der Waals surface area contributed by atoms with E-state index < -0.39 is 10.0 Å². The minimum Gasteiger partial charge on any atom is -0.317 e. The van der Waals surface area contributed by atoms with E-state index in [0.29, 0.717) is 18.5 Å². The summed E-state index contributed by atoms with van der Waals surface area (Å²) >= 11 is 0. The largest absolute Gasteiger partial charge is 0.317 e. The second-order valence-corrected chi connectivity index (χ2v) is 8.38. The van der Waals surface area contributed by atoms with Crippen LogP contribution >= 0.6 is 0 Å². The molecule has 1 fully saturated rings. The monoisotopic (exact) mass is 296 g/mol. The van der Waals surface area contributed by atoms with Gasteiger partial charge in [0.25, 0.3) is 0 Å². The number of nitrogens with one attached hydrogen (secondary N) is 2. The average Bonchev–Trinajstić information content (AvgIpc) is 2.39. The normalized spacial score (nSPS) is 17.9. The van der Waals surface area contributed by atoms with Gasteiger partial charge in [0.2, 0.25) is 10.0 Å². The quantitative estimate of drug-likeness (QED) is 0.901. The van der Waals surface area contributed by atoms with Crippen molar-refractivity contribution in [2.75, 3.05) is 17.8 Å². The first-order valence-electron chi connectivity index (χ1n) is 7.12. The fourth-order valence-corrected chi connectivity index (χ4v) is 3.88. The molecule has 0 atom stereocenters. The zero-order valence-corrected chi connectivity index (χ0v) is 13.3. The molecule has 1 saturated heterocycles.